The van der Waals surface area contributed by atoms with Crippen molar-refractivity contribution in [3.63, 3.8) is 0 Å². The summed E-state index contributed by atoms with van der Waals surface area (Å²) in [7, 11) is 0. The Morgan fingerprint density at radius 3 is 2.48 bits per heavy atom. The lowest BCUT2D eigenvalue weighted by atomic mass is 10.1. The van der Waals surface area contributed by atoms with Gasteiger partial charge in [-0.1, -0.05) is 37.3 Å². The Morgan fingerprint density at radius 2 is 1.74 bits per heavy atom. The first kappa shape index (κ1) is 18.4. The zero-order chi connectivity index (χ0) is 19.1. The van der Waals surface area contributed by atoms with E-state index in [4.69, 9.17) is 0 Å². The molecule has 0 spiro atoms. The van der Waals surface area contributed by atoms with E-state index >= 15 is 0 Å². The number of hydrogen-bond acceptors (Lipinski definition) is 3. The lowest BCUT2D eigenvalue weighted by Gasteiger charge is -2.15. The minimum atomic E-state index is -0.247. The molecular weight excluding hydrogens is 340 g/mol. The fourth-order valence-electron chi connectivity index (χ4n) is 2.73. The monoisotopic (exact) mass is 362 g/mol. The van der Waals surface area contributed by atoms with Crippen LogP contribution in [0.2, 0.25) is 0 Å². The van der Waals surface area contributed by atoms with Crippen LogP contribution in [0.25, 0.3) is 0 Å². The maximum atomic E-state index is 12.6. The summed E-state index contributed by atoms with van der Waals surface area (Å²) >= 11 is 0. The van der Waals surface area contributed by atoms with Gasteiger partial charge in [0.25, 0.3) is 11.8 Å². The lowest BCUT2D eigenvalue weighted by molar-refractivity contribution is 0.0947. The maximum absolute atomic E-state index is 12.6. The van der Waals surface area contributed by atoms with Crippen LogP contribution in [0.4, 0.5) is 5.69 Å². The smallest absolute Gasteiger partial charge is 0.255 e. The van der Waals surface area contributed by atoms with E-state index < -0.39 is 0 Å². The van der Waals surface area contributed by atoms with Gasteiger partial charge in [-0.05, 0) is 36.2 Å². The highest BCUT2D eigenvalue weighted by atomic mass is 16.2. The van der Waals surface area contributed by atoms with Crippen LogP contribution in [0.5, 0.6) is 0 Å². The summed E-state index contributed by atoms with van der Waals surface area (Å²) in [5.74, 6) is -0.242. The van der Waals surface area contributed by atoms with Crippen LogP contribution in [0.15, 0.2) is 73.1 Å². The average molecular weight is 362 g/mol. The van der Waals surface area contributed by atoms with Gasteiger partial charge in [0, 0.05) is 31.0 Å². The number of carbonyl (C=O) groups excluding carboxylic acids is 2. The topological polar surface area (TPSA) is 76.0 Å². The highest BCUT2D eigenvalue weighted by molar-refractivity contribution is 6.08. The minimum absolute atomic E-state index is 0.216. The van der Waals surface area contributed by atoms with Crippen LogP contribution in [0.3, 0.4) is 0 Å². The molecule has 1 unspecified atom stereocenters. The lowest BCUT2D eigenvalue weighted by Crippen LogP contribution is -2.31. The summed E-state index contributed by atoms with van der Waals surface area (Å²) < 4.78 is 1.84. The third-order valence-corrected chi connectivity index (χ3v) is 4.12. The van der Waals surface area contributed by atoms with Crippen molar-refractivity contribution in [1.29, 1.82) is 0 Å². The number of aromatic nitrogens is 2. The van der Waals surface area contributed by atoms with Gasteiger partial charge in [-0.15, -0.1) is 0 Å². The third kappa shape index (κ3) is 5.04. The number of para-hydroxylation sites is 1. The fraction of sp³-hybridized carbons (Fsp3) is 0.190. The Labute approximate surface area is 158 Å². The van der Waals surface area contributed by atoms with E-state index in [1.807, 2.05) is 29.9 Å². The van der Waals surface area contributed by atoms with Crippen LogP contribution in [0.1, 0.15) is 27.6 Å². The van der Waals surface area contributed by atoms with E-state index in [1.165, 1.54) is 0 Å². The molecule has 2 amide bonds. The standard InChI is InChI=1S/C21H22N4O2/c1-16(15-25-13-7-12-23-25)14-22-21(27)18-10-5-6-11-19(18)24-20(26)17-8-3-2-4-9-17/h2-13,16H,14-15H2,1H3,(H,22,27)(H,24,26). The van der Waals surface area contributed by atoms with Crippen molar-refractivity contribution in [1.82, 2.24) is 15.1 Å². The normalized spacial score (nSPS) is 11.6. The molecule has 27 heavy (non-hydrogen) atoms. The van der Waals surface area contributed by atoms with Crippen molar-refractivity contribution in [3.8, 4) is 0 Å². The number of amides is 2. The number of nitrogens with one attached hydrogen (secondary N) is 2. The predicted octanol–water partition coefficient (Wildman–Crippen LogP) is 3.20. The van der Waals surface area contributed by atoms with Gasteiger partial charge in [0.2, 0.25) is 0 Å². The van der Waals surface area contributed by atoms with E-state index in [0.717, 1.165) is 6.54 Å². The Bertz CT molecular complexity index is 892. The van der Waals surface area contributed by atoms with E-state index in [1.54, 1.807) is 54.7 Å². The first-order valence-corrected chi connectivity index (χ1v) is 8.84. The SMILES string of the molecule is CC(CNC(=O)c1ccccc1NC(=O)c1ccccc1)Cn1cccn1. The second-order valence-corrected chi connectivity index (χ2v) is 6.41. The molecule has 0 aliphatic heterocycles. The molecule has 0 saturated heterocycles. The van der Waals surface area contributed by atoms with Crippen LogP contribution in [0, 0.1) is 5.92 Å². The Hall–Kier alpha value is -3.41. The molecule has 0 fully saturated rings. The maximum Gasteiger partial charge on any atom is 0.255 e. The van der Waals surface area contributed by atoms with Gasteiger partial charge in [-0.3, -0.25) is 14.3 Å². The zero-order valence-corrected chi connectivity index (χ0v) is 15.1. The predicted molar refractivity (Wildman–Crippen MR) is 105 cm³/mol. The number of rotatable bonds is 7. The molecule has 6 heteroatoms. The number of carbonyl (C=O) groups is 2. The second-order valence-electron chi connectivity index (χ2n) is 6.41. The van der Waals surface area contributed by atoms with E-state index in [9.17, 15) is 9.59 Å². The minimum Gasteiger partial charge on any atom is -0.352 e. The van der Waals surface area contributed by atoms with Gasteiger partial charge in [0.05, 0.1) is 11.3 Å². The first-order chi connectivity index (χ1) is 13.1. The van der Waals surface area contributed by atoms with Crippen molar-refractivity contribution < 1.29 is 9.59 Å². The summed E-state index contributed by atoms with van der Waals surface area (Å²) in [6.45, 7) is 3.28. The Morgan fingerprint density at radius 1 is 1.00 bits per heavy atom. The summed E-state index contributed by atoms with van der Waals surface area (Å²) in [6, 6.07) is 17.8. The molecule has 1 atom stereocenters. The molecule has 0 bridgehead atoms. The molecule has 3 rings (SSSR count). The van der Waals surface area contributed by atoms with Gasteiger partial charge in [-0.2, -0.15) is 5.10 Å². The summed E-state index contributed by atoms with van der Waals surface area (Å²) in [5, 5.41) is 9.92. The molecule has 2 aromatic carbocycles. The molecular formula is C21H22N4O2. The van der Waals surface area contributed by atoms with Gasteiger partial charge in [0.15, 0.2) is 0 Å². The molecule has 3 aromatic rings. The van der Waals surface area contributed by atoms with Crippen LogP contribution < -0.4 is 10.6 Å². The molecule has 1 heterocycles. The van der Waals surface area contributed by atoms with Crippen molar-refractivity contribution in [2.75, 3.05) is 11.9 Å². The molecule has 1 aromatic heterocycles. The van der Waals surface area contributed by atoms with Gasteiger partial charge < -0.3 is 10.6 Å². The molecule has 0 aliphatic carbocycles. The van der Waals surface area contributed by atoms with Crippen LogP contribution >= 0.6 is 0 Å². The number of anilines is 1. The van der Waals surface area contributed by atoms with Crippen molar-refractivity contribution in [2.24, 2.45) is 5.92 Å². The number of nitrogens with zero attached hydrogens (tertiary/aromatic N) is 2. The number of hydrogen-bond donors (Lipinski definition) is 2. The summed E-state index contributed by atoms with van der Waals surface area (Å²) in [4.78, 5) is 25.0. The van der Waals surface area contributed by atoms with E-state index in [0.29, 0.717) is 23.4 Å². The summed E-state index contributed by atoms with van der Waals surface area (Å²) in [5.41, 5.74) is 1.47. The quantitative estimate of drug-likeness (QED) is 0.678. The highest BCUT2D eigenvalue weighted by Gasteiger charge is 2.14. The Balaban J connectivity index is 1.62. The molecule has 0 radical (unpaired) electrons. The van der Waals surface area contributed by atoms with Crippen molar-refractivity contribution >= 4 is 17.5 Å². The van der Waals surface area contributed by atoms with Gasteiger partial charge in [0.1, 0.15) is 0 Å². The van der Waals surface area contributed by atoms with Gasteiger partial charge >= 0.3 is 0 Å². The van der Waals surface area contributed by atoms with Gasteiger partial charge in [-0.25, -0.2) is 0 Å². The first-order valence-electron chi connectivity index (χ1n) is 8.84. The molecule has 6 nitrogen and oxygen atoms in total. The molecule has 2 N–H and O–H groups in total. The third-order valence-electron chi connectivity index (χ3n) is 4.12. The van der Waals surface area contributed by atoms with Crippen molar-refractivity contribution in [2.45, 2.75) is 13.5 Å². The largest absolute Gasteiger partial charge is 0.352 e. The highest BCUT2D eigenvalue weighted by Crippen LogP contribution is 2.16. The summed E-state index contributed by atoms with van der Waals surface area (Å²) in [6.07, 6.45) is 3.63. The Kier molecular flexibility index (Phi) is 5.99. The van der Waals surface area contributed by atoms with Crippen LogP contribution in [-0.2, 0) is 6.54 Å². The fourth-order valence-corrected chi connectivity index (χ4v) is 2.73. The van der Waals surface area contributed by atoms with Crippen LogP contribution in [-0.4, -0.2) is 28.1 Å². The molecule has 0 saturated carbocycles. The van der Waals surface area contributed by atoms with Crippen molar-refractivity contribution in [3.05, 3.63) is 84.2 Å². The molecule has 138 valence electrons. The van der Waals surface area contributed by atoms with E-state index in [-0.39, 0.29) is 17.7 Å². The second kappa shape index (κ2) is 8.80. The zero-order valence-electron chi connectivity index (χ0n) is 15.1. The molecule has 0 aliphatic rings. The number of benzene rings is 2. The van der Waals surface area contributed by atoms with E-state index in [2.05, 4.69) is 15.7 Å². The average Bonchev–Trinajstić information content (AvgIpc) is 3.20.